The van der Waals surface area contributed by atoms with Crippen molar-refractivity contribution >= 4 is 0 Å². The lowest BCUT2D eigenvalue weighted by atomic mass is 9.95. The fraction of sp³-hybridized carbons (Fsp3) is 0.200. The van der Waals surface area contributed by atoms with Crippen LogP contribution in [-0.4, -0.2) is 0 Å². The highest BCUT2D eigenvalue weighted by Gasteiger charge is 2.16. The molecule has 0 saturated carbocycles. The molecule has 0 spiro atoms. The number of halogens is 3. The minimum Gasteiger partial charge on any atom is -0.324 e. The zero-order chi connectivity index (χ0) is 14.0. The van der Waals surface area contributed by atoms with E-state index >= 15 is 0 Å². The van der Waals surface area contributed by atoms with E-state index in [0.717, 1.165) is 5.56 Å². The summed E-state index contributed by atoms with van der Waals surface area (Å²) >= 11 is 0. The Balaban J connectivity index is 2.31. The first-order chi connectivity index (χ1) is 8.99. The number of hydrogen-bond donors (Lipinski definition) is 1. The molecule has 0 radical (unpaired) electrons. The molecule has 0 aliphatic rings. The van der Waals surface area contributed by atoms with Gasteiger partial charge in [-0.05, 0) is 48.7 Å². The molecule has 0 fully saturated rings. The smallest absolute Gasteiger partial charge is 0.129 e. The van der Waals surface area contributed by atoms with Crippen molar-refractivity contribution in [1.29, 1.82) is 0 Å². The highest BCUT2D eigenvalue weighted by atomic mass is 19.1. The fourth-order valence-corrected chi connectivity index (χ4v) is 2.07. The molecular weight excluding hydrogens is 251 g/mol. The molecule has 0 saturated heterocycles. The van der Waals surface area contributed by atoms with Gasteiger partial charge in [-0.25, -0.2) is 13.2 Å². The van der Waals surface area contributed by atoms with Gasteiger partial charge in [-0.1, -0.05) is 12.1 Å². The summed E-state index contributed by atoms with van der Waals surface area (Å²) < 4.78 is 40.3. The van der Waals surface area contributed by atoms with Crippen LogP contribution in [0.1, 0.15) is 22.7 Å². The Morgan fingerprint density at radius 2 is 1.68 bits per heavy atom. The lowest BCUT2D eigenvalue weighted by Crippen LogP contribution is -2.16. The molecule has 0 amide bonds. The standard InChI is InChI=1S/C15H14F3N/c1-9-5-6-10(16)7-11(9)15(19)8-12-13(17)3-2-4-14(12)18/h2-7,15H,8,19H2,1H3. The summed E-state index contributed by atoms with van der Waals surface area (Å²) in [5.41, 5.74) is 7.22. The van der Waals surface area contributed by atoms with Gasteiger partial charge < -0.3 is 5.73 Å². The van der Waals surface area contributed by atoms with Crippen LogP contribution in [0.5, 0.6) is 0 Å². The Morgan fingerprint density at radius 3 is 2.32 bits per heavy atom. The molecule has 4 heteroatoms. The van der Waals surface area contributed by atoms with Gasteiger partial charge in [0.15, 0.2) is 0 Å². The third-order valence-electron chi connectivity index (χ3n) is 3.13. The van der Waals surface area contributed by atoms with Crippen molar-refractivity contribution in [3.8, 4) is 0 Å². The summed E-state index contributed by atoms with van der Waals surface area (Å²) in [4.78, 5) is 0. The van der Waals surface area contributed by atoms with Gasteiger partial charge in [0.1, 0.15) is 17.5 Å². The maximum absolute atomic E-state index is 13.5. The number of rotatable bonds is 3. The van der Waals surface area contributed by atoms with Crippen molar-refractivity contribution in [3.63, 3.8) is 0 Å². The van der Waals surface area contributed by atoms with E-state index in [-0.39, 0.29) is 12.0 Å². The number of aryl methyl sites for hydroxylation is 1. The Bertz CT molecular complexity index is 576. The van der Waals surface area contributed by atoms with Gasteiger partial charge in [0.2, 0.25) is 0 Å². The molecule has 0 aromatic heterocycles. The minimum absolute atomic E-state index is 0.0111. The molecule has 0 bridgehead atoms. The second-order valence-corrected chi connectivity index (χ2v) is 4.51. The van der Waals surface area contributed by atoms with Crippen molar-refractivity contribution in [3.05, 3.63) is 70.5 Å². The van der Waals surface area contributed by atoms with Gasteiger partial charge in [-0.3, -0.25) is 0 Å². The van der Waals surface area contributed by atoms with Crippen LogP contribution in [0.15, 0.2) is 36.4 Å². The van der Waals surface area contributed by atoms with Gasteiger partial charge in [0.05, 0.1) is 0 Å². The first kappa shape index (κ1) is 13.6. The summed E-state index contributed by atoms with van der Waals surface area (Å²) in [6.07, 6.45) is -0.0111. The van der Waals surface area contributed by atoms with E-state index in [1.54, 1.807) is 13.0 Å². The number of benzene rings is 2. The highest BCUT2D eigenvalue weighted by molar-refractivity contribution is 5.31. The van der Waals surface area contributed by atoms with Crippen LogP contribution in [0.4, 0.5) is 13.2 Å². The molecule has 19 heavy (non-hydrogen) atoms. The zero-order valence-corrected chi connectivity index (χ0v) is 10.5. The Hall–Kier alpha value is -1.81. The molecule has 1 atom stereocenters. The van der Waals surface area contributed by atoms with Crippen molar-refractivity contribution in [2.45, 2.75) is 19.4 Å². The Kier molecular flexibility index (Phi) is 3.90. The lowest BCUT2D eigenvalue weighted by molar-refractivity contribution is 0.538. The molecule has 0 heterocycles. The molecule has 2 rings (SSSR count). The average Bonchev–Trinajstić information content (AvgIpc) is 2.37. The van der Waals surface area contributed by atoms with Crippen LogP contribution in [0.25, 0.3) is 0 Å². The minimum atomic E-state index is -0.651. The van der Waals surface area contributed by atoms with E-state index in [0.29, 0.717) is 5.56 Å². The predicted molar refractivity (Wildman–Crippen MR) is 68.1 cm³/mol. The lowest BCUT2D eigenvalue weighted by Gasteiger charge is -2.16. The van der Waals surface area contributed by atoms with Crippen LogP contribution in [0, 0.1) is 24.4 Å². The third kappa shape index (κ3) is 2.96. The van der Waals surface area contributed by atoms with Crippen molar-refractivity contribution < 1.29 is 13.2 Å². The molecule has 2 aromatic carbocycles. The van der Waals surface area contributed by atoms with Crippen LogP contribution < -0.4 is 5.73 Å². The molecule has 100 valence electrons. The fourth-order valence-electron chi connectivity index (χ4n) is 2.07. The summed E-state index contributed by atoms with van der Waals surface area (Å²) in [7, 11) is 0. The van der Waals surface area contributed by atoms with E-state index < -0.39 is 23.5 Å². The maximum atomic E-state index is 13.5. The first-order valence-corrected chi connectivity index (χ1v) is 5.93. The summed E-state index contributed by atoms with van der Waals surface area (Å²) in [6, 6.07) is 7.25. The molecule has 1 unspecified atom stereocenters. The Morgan fingerprint density at radius 1 is 1.05 bits per heavy atom. The summed E-state index contributed by atoms with van der Waals surface area (Å²) in [5.74, 6) is -1.68. The van der Waals surface area contributed by atoms with Gasteiger partial charge in [-0.15, -0.1) is 0 Å². The van der Waals surface area contributed by atoms with Crippen molar-refractivity contribution in [2.24, 2.45) is 5.73 Å². The van der Waals surface area contributed by atoms with Crippen LogP contribution in [-0.2, 0) is 6.42 Å². The van der Waals surface area contributed by atoms with Crippen molar-refractivity contribution in [1.82, 2.24) is 0 Å². The molecule has 1 nitrogen and oxygen atoms in total. The molecule has 0 aliphatic heterocycles. The molecule has 2 N–H and O–H groups in total. The summed E-state index contributed by atoms with van der Waals surface area (Å²) in [6.45, 7) is 1.78. The van der Waals surface area contributed by atoms with Gasteiger partial charge in [0, 0.05) is 11.6 Å². The third-order valence-corrected chi connectivity index (χ3v) is 3.13. The van der Waals surface area contributed by atoms with Crippen molar-refractivity contribution in [2.75, 3.05) is 0 Å². The molecule has 0 aliphatic carbocycles. The van der Waals surface area contributed by atoms with Gasteiger partial charge >= 0.3 is 0 Å². The second-order valence-electron chi connectivity index (χ2n) is 4.51. The van der Waals surface area contributed by atoms with E-state index in [4.69, 9.17) is 5.73 Å². The highest BCUT2D eigenvalue weighted by Crippen LogP contribution is 2.23. The predicted octanol–water partition coefficient (Wildman–Crippen LogP) is 3.65. The van der Waals surface area contributed by atoms with Crippen LogP contribution in [0.2, 0.25) is 0 Å². The molecular formula is C15H14F3N. The van der Waals surface area contributed by atoms with E-state index in [9.17, 15) is 13.2 Å². The maximum Gasteiger partial charge on any atom is 0.129 e. The number of hydrogen-bond acceptors (Lipinski definition) is 1. The second kappa shape index (κ2) is 5.45. The Labute approximate surface area is 109 Å². The topological polar surface area (TPSA) is 26.0 Å². The van der Waals surface area contributed by atoms with Gasteiger partial charge in [-0.2, -0.15) is 0 Å². The van der Waals surface area contributed by atoms with E-state index in [1.165, 1.54) is 30.3 Å². The van der Waals surface area contributed by atoms with Crippen LogP contribution >= 0.6 is 0 Å². The quantitative estimate of drug-likeness (QED) is 0.900. The van der Waals surface area contributed by atoms with E-state index in [2.05, 4.69) is 0 Å². The normalized spacial score (nSPS) is 12.5. The molecule has 2 aromatic rings. The van der Waals surface area contributed by atoms with Gasteiger partial charge in [0.25, 0.3) is 0 Å². The average molecular weight is 265 g/mol. The van der Waals surface area contributed by atoms with E-state index in [1.807, 2.05) is 0 Å². The largest absolute Gasteiger partial charge is 0.324 e. The monoisotopic (exact) mass is 265 g/mol. The van der Waals surface area contributed by atoms with Crippen LogP contribution in [0.3, 0.4) is 0 Å². The summed E-state index contributed by atoms with van der Waals surface area (Å²) in [5, 5.41) is 0. The number of nitrogens with two attached hydrogens (primary N) is 1. The SMILES string of the molecule is Cc1ccc(F)cc1C(N)Cc1c(F)cccc1F. The first-order valence-electron chi connectivity index (χ1n) is 5.93. The zero-order valence-electron chi connectivity index (χ0n) is 10.5.